The van der Waals surface area contributed by atoms with Crippen molar-refractivity contribution in [2.45, 2.75) is 73.0 Å². The van der Waals surface area contributed by atoms with Gasteiger partial charge < -0.3 is 5.32 Å². The Labute approximate surface area is 196 Å². The molecule has 0 spiro atoms. The number of nitrogens with one attached hydrogen (secondary N) is 1. The lowest BCUT2D eigenvalue weighted by Crippen LogP contribution is -2.41. The number of sulfonamides is 1. The van der Waals surface area contributed by atoms with Gasteiger partial charge in [0.15, 0.2) is 9.84 Å². The van der Waals surface area contributed by atoms with Crippen LogP contribution in [0.2, 0.25) is 0 Å². The Bertz CT molecular complexity index is 1220. The van der Waals surface area contributed by atoms with Gasteiger partial charge in [0.2, 0.25) is 10.0 Å². The number of amides is 1. The molecule has 9 heteroatoms. The molecule has 0 radical (unpaired) electrons. The van der Waals surface area contributed by atoms with Gasteiger partial charge in [-0.05, 0) is 75.1 Å². The topological polar surface area (TPSA) is 101 Å². The fourth-order valence-electron chi connectivity index (χ4n) is 4.69. The fraction of sp³-hybridized carbons (Fsp3) is 0.458. The van der Waals surface area contributed by atoms with Crippen molar-refractivity contribution in [2.75, 3.05) is 11.9 Å². The molecule has 1 unspecified atom stereocenters. The van der Waals surface area contributed by atoms with Crippen molar-refractivity contribution in [3.8, 4) is 0 Å². The van der Waals surface area contributed by atoms with E-state index >= 15 is 0 Å². The van der Waals surface area contributed by atoms with Crippen LogP contribution in [-0.2, 0) is 19.9 Å². The Hall–Kier alpha value is -2.23. The van der Waals surface area contributed by atoms with Gasteiger partial charge >= 0.3 is 0 Å². The van der Waals surface area contributed by atoms with Crippen LogP contribution in [0.4, 0.5) is 5.69 Å². The minimum atomic E-state index is -3.61. The van der Waals surface area contributed by atoms with Crippen molar-refractivity contribution in [1.82, 2.24) is 4.31 Å². The molecule has 1 N–H and O–H groups in total. The molecule has 1 amide bonds. The maximum Gasteiger partial charge on any atom is 0.255 e. The lowest BCUT2D eigenvalue weighted by atomic mass is 10.1. The molecule has 0 bridgehead atoms. The second kappa shape index (κ2) is 9.56. The second-order valence-electron chi connectivity index (χ2n) is 8.92. The third-order valence-electron chi connectivity index (χ3n) is 6.63. The molecule has 1 heterocycles. The van der Waals surface area contributed by atoms with Gasteiger partial charge in [0.25, 0.3) is 5.91 Å². The van der Waals surface area contributed by atoms with Gasteiger partial charge in [-0.25, -0.2) is 16.8 Å². The minimum absolute atomic E-state index is 0.0421. The summed E-state index contributed by atoms with van der Waals surface area (Å²) < 4.78 is 53.2. The van der Waals surface area contributed by atoms with Crippen molar-refractivity contribution in [3.05, 3.63) is 54.1 Å². The molecule has 1 saturated carbocycles. The molecule has 4 rings (SSSR count). The first-order chi connectivity index (χ1) is 15.7. The average Bonchev–Trinajstić information content (AvgIpc) is 3.35. The molecule has 1 aliphatic heterocycles. The zero-order valence-electron chi connectivity index (χ0n) is 18.7. The third kappa shape index (κ3) is 5.00. The maximum atomic E-state index is 13.0. The van der Waals surface area contributed by atoms with E-state index in [1.54, 1.807) is 18.2 Å². The highest BCUT2D eigenvalue weighted by Gasteiger charge is 2.32. The molecule has 2 aliphatic rings. The number of carbonyl (C=O) groups is 1. The number of sulfone groups is 1. The molecule has 178 valence electrons. The first-order valence-electron chi connectivity index (χ1n) is 11.5. The van der Waals surface area contributed by atoms with Crippen LogP contribution in [0.5, 0.6) is 0 Å². The Balaban J connectivity index is 1.48. The molecular formula is C24H30N2O5S2. The van der Waals surface area contributed by atoms with Crippen molar-refractivity contribution >= 4 is 31.5 Å². The van der Waals surface area contributed by atoms with Gasteiger partial charge in [0.1, 0.15) is 0 Å². The molecule has 2 fully saturated rings. The summed E-state index contributed by atoms with van der Waals surface area (Å²) in [5, 5.41) is 2.37. The van der Waals surface area contributed by atoms with Crippen LogP contribution in [0.15, 0.2) is 58.3 Å². The summed E-state index contributed by atoms with van der Waals surface area (Å²) in [4.78, 5) is 13.1. The number of rotatable bonds is 6. The highest BCUT2D eigenvalue weighted by atomic mass is 32.2. The molecule has 2 aromatic rings. The Morgan fingerprint density at radius 1 is 0.879 bits per heavy atom. The summed E-state index contributed by atoms with van der Waals surface area (Å²) in [5.41, 5.74) is 0.683. The highest BCUT2D eigenvalue weighted by molar-refractivity contribution is 7.92. The number of piperidine rings is 1. The zero-order chi connectivity index (χ0) is 23.6. The summed E-state index contributed by atoms with van der Waals surface area (Å²) in [5.74, 6) is -0.430. The number of benzene rings is 2. The minimum Gasteiger partial charge on any atom is -0.322 e. The van der Waals surface area contributed by atoms with Crippen LogP contribution in [-0.4, -0.2) is 44.9 Å². The molecule has 1 atom stereocenters. The van der Waals surface area contributed by atoms with E-state index in [0.29, 0.717) is 30.6 Å². The largest absolute Gasteiger partial charge is 0.322 e. The SMILES string of the molecule is CC1CCCCN1S(=O)(=O)c1ccc(C(=O)Nc2cccc(S(=O)(=O)C3CCCC3)c2)cc1. The molecule has 0 aromatic heterocycles. The summed E-state index contributed by atoms with van der Waals surface area (Å²) in [6.45, 7) is 2.42. The van der Waals surface area contributed by atoms with Crippen molar-refractivity contribution < 1.29 is 21.6 Å². The van der Waals surface area contributed by atoms with Gasteiger partial charge in [0, 0.05) is 23.8 Å². The normalized spacial score (nSPS) is 20.6. The molecule has 7 nitrogen and oxygen atoms in total. The predicted octanol–water partition coefficient (Wildman–Crippen LogP) is 4.22. The Morgan fingerprint density at radius 3 is 2.21 bits per heavy atom. The Kier molecular flexibility index (Phi) is 6.93. The van der Waals surface area contributed by atoms with Gasteiger partial charge in [-0.2, -0.15) is 4.31 Å². The van der Waals surface area contributed by atoms with Crippen LogP contribution in [0, 0.1) is 0 Å². The molecule has 2 aromatic carbocycles. The first-order valence-corrected chi connectivity index (χ1v) is 14.5. The van der Waals surface area contributed by atoms with E-state index in [4.69, 9.17) is 0 Å². The van der Waals surface area contributed by atoms with E-state index in [9.17, 15) is 21.6 Å². The lowest BCUT2D eigenvalue weighted by molar-refractivity contribution is 0.102. The van der Waals surface area contributed by atoms with E-state index in [1.807, 2.05) is 6.92 Å². The summed E-state index contributed by atoms with van der Waals surface area (Å²) in [6.07, 6.45) is 5.89. The highest BCUT2D eigenvalue weighted by Crippen LogP contribution is 2.31. The number of hydrogen-bond acceptors (Lipinski definition) is 5. The van der Waals surface area contributed by atoms with Gasteiger partial charge in [-0.1, -0.05) is 25.3 Å². The molecular weight excluding hydrogens is 460 g/mol. The zero-order valence-corrected chi connectivity index (χ0v) is 20.4. The van der Waals surface area contributed by atoms with Gasteiger partial charge in [0.05, 0.1) is 15.0 Å². The summed E-state index contributed by atoms with van der Waals surface area (Å²) in [6, 6.07) is 12.1. The average molecular weight is 491 g/mol. The summed E-state index contributed by atoms with van der Waals surface area (Å²) >= 11 is 0. The third-order valence-corrected chi connectivity index (χ3v) is 10.9. The fourth-order valence-corrected chi connectivity index (χ4v) is 8.29. The monoisotopic (exact) mass is 490 g/mol. The number of nitrogens with zero attached hydrogens (tertiary/aromatic N) is 1. The number of carbonyl (C=O) groups excluding carboxylic acids is 1. The summed E-state index contributed by atoms with van der Waals surface area (Å²) in [7, 11) is -7.03. The quantitative estimate of drug-likeness (QED) is 0.653. The molecule has 33 heavy (non-hydrogen) atoms. The van der Waals surface area contributed by atoms with E-state index in [1.165, 1.54) is 34.6 Å². The van der Waals surface area contributed by atoms with Crippen LogP contribution in [0.3, 0.4) is 0 Å². The van der Waals surface area contributed by atoms with Crippen molar-refractivity contribution in [1.29, 1.82) is 0 Å². The number of hydrogen-bond donors (Lipinski definition) is 1. The standard InChI is InChI=1S/C24H30N2O5S2/c1-18-7-4-5-16-26(18)33(30,31)22-14-12-19(13-15-22)24(27)25-20-8-6-11-23(17-20)32(28,29)21-9-2-3-10-21/h6,8,11-15,17-18,21H,2-5,7,9-10,16H2,1H3,(H,25,27). The Morgan fingerprint density at radius 2 is 1.55 bits per heavy atom. The van der Waals surface area contributed by atoms with Crippen molar-refractivity contribution in [3.63, 3.8) is 0 Å². The maximum absolute atomic E-state index is 13.0. The van der Waals surface area contributed by atoms with E-state index < -0.39 is 25.8 Å². The molecule has 1 aliphatic carbocycles. The van der Waals surface area contributed by atoms with E-state index in [-0.39, 0.29) is 21.1 Å². The lowest BCUT2D eigenvalue weighted by Gasteiger charge is -2.32. The molecule has 1 saturated heterocycles. The first kappa shape index (κ1) is 23.9. The van der Waals surface area contributed by atoms with Crippen LogP contribution in [0.1, 0.15) is 62.2 Å². The van der Waals surface area contributed by atoms with Crippen LogP contribution >= 0.6 is 0 Å². The second-order valence-corrected chi connectivity index (χ2v) is 13.0. The van der Waals surface area contributed by atoms with E-state index in [0.717, 1.165) is 32.1 Å². The smallest absolute Gasteiger partial charge is 0.255 e. The number of anilines is 1. The predicted molar refractivity (Wildman–Crippen MR) is 127 cm³/mol. The van der Waals surface area contributed by atoms with Crippen LogP contribution < -0.4 is 5.32 Å². The van der Waals surface area contributed by atoms with E-state index in [2.05, 4.69) is 5.32 Å². The van der Waals surface area contributed by atoms with Crippen LogP contribution in [0.25, 0.3) is 0 Å². The van der Waals surface area contributed by atoms with Gasteiger partial charge in [-0.15, -0.1) is 0 Å². The van der Waals surface area contributed by atoms with Gasteiger partial charge in [-0.3, -0.25) is 4.79 Å². The van der Waals surface area contributed by atoms with Crippen molar-refractivity contribution in [2.24, 2.45) is 0 Å².